The number of para-hydroxylation sites is 1. The Labute approximate surface area is 290 Å². The van der Waals surface area contributed by atoms with Crippen LogP contribution in [0, 0.1) is 11.3 Å². The van der Waals surface area contributed by atoms with Gasteiger partial charge >= 0.3 is 0 Å². The van der Waals surface area contributed by atoms with Crippen molar-refractivity contribution in [2.75, 3.05) is 0 Å². The highest BCUT2D eigenvalue weighted by Gasteiger charge is 2.15. The quantitative estimate of drug-likeness (QED) is 0.193. The largest absolute Gasteiger partial charge is 0.309 e. The highest BCUT2D eigenvalue weighted by atomic mass is 15.0. The van der Waals surface area contributed by atoms with Crippen molar-refractivity contribution in [1.29, 1.82) is 5.26 Å². The molecule has 0 atom stereocenters. The van der Waals surface area contributed by atoms with E-state index in [-0.39, 0.29) is 0 Å². The van der Waals surface area contributed by atoms with Gasteiger partial charge in [0, 0.05) is 28.2 Å². The average Bonchev–Trinajstić information content (AvgIpc) is 3.50. The van der Waals surface area contributed by atoms with E-state index in [0.717, 1.165) is 66.7 Å². The van der Waals surface area contributed by atoms with Gasteiger partial charge in [-0.2, -0.15) is 5.26 Å². The van der Waals surface area contributed by atoms with E-state index >= 15 is 0 Å². The van der Waals surface area contributed by atoms with Crippen LogP contribution in [0.4, 0.5) is 0 Å². The second-order valence-corrected chi connectivity index (χ2v) is 12.8. The van der Waals surface area contributed by atoms with Crippen LogP contribution in [0.5, 0.6) is 0 Å². The summed E-state index contributed by atoms with van der Waals surface area (Å²) in [5.41, 5.74) is 11.7. The molecule has 0 radical (unpaired) electrons. The maximum Gasteiger partial charge on any atom is 0.0992 e. The lowest BCUT2D eigenvalue weighted by molar-refractivity contribution is 1.18. The summed E-state index contributed by atoms with van der Waals surface area (Å²) in [6, 6.07) is 48.9. The fraction of sp³-hybridized carbons (Fsp3) is 0.0213. The topological polar surface area (TPSA) is 41.6 Å². The molecule has 2 heterocycles. The fourth-order valence-electron chi connectivity index (χ4n) is 7.37. The van der Waals surface area contributed by atoms with Crippen molar-refractivity contribution >= 4 is 56.9 Å². The SMILES string of the molecule is C=c1/c2ccc3c(-c4ccccc4)ccc(c13)/C=C\C/C(c1ccc(-c3ccc4c5ccc(C#N)cc5n(-c5ccccc5)c4c3)cn1)=C\C=2. The molecule has 50 heavy (non-hydrogen) atoms. The highest BCUT2D eigenvalue weighted by molar-refractivity contribution is 6.10. The van der Waals surface area contributed by atoms with Crippen LogP contribution in [0.1, 0.15) is 23.2 Å². The van der Waals surface area contributed by atoms with Gasteiger partial charge in [-0.3, -0.25) is 4.98 Å². The zero-order valence-corrected chi connectivity index (χ0v) is 27.3. The first-order valence-electron chi connectivity index (χ1n) is 16.8. The molecule has 0 fully saturated rings. The lowest BCUT2D eigenvalue weighted by Gasteiger charge is -2.12. The molecular formula is C47H31N3. The molecule has 2 bridgehead atoms. The Morgan fingerprint density at radius 1 is 0.660 bits per heavy atom. The van der Waals surface area contributed by atoms with Gasteiger partial charge in [0.05, 0.1) is 28.4 Å². The third-order valence-corrected chi connectivity index (χ3v) is 9.88. The third-order valence-electron chi connectivity index (χ3n) is 9.88. The first-order valence-corrected chi connectivity index (χ1v) is 16.8. The Kier molecular flexibility index (Phi) is 7.08. The molecule has 0 saturated heterocycles. The maximum absolute atomic E-state index is 9.64. The van der Waals surface area contributed by atoms with Crippen molar-refractivity contribution in [3.05, 3.63) is 179 Å². The van der Waals surface area contributed by atoms with Gasteiger partial charge in [-0.15, -0.1) is 0 Å². The van der Waals surface area contributed by atoms with Crippen molar-refractivity contribution in [1.82, 2.24) is 9.55 Å². The molecule has 234 valence electrons. The molecule has 1 aliphatic rings. The summed E-state index contributed by atoms with van der Waals surface area (Å²) in [4.78, 5) is 4.99. The number of hydrogen-bond acceptors (Lipinski definition) is 2. The van der Waals surface area contributed by atoms with Gasteiger partial charge in [0.15, 0.2) is 0 Å². The van der Waals surface area contributed by atoms with Crippen LogP contribution in [-0.4, -0.2) is 9.55 Å². The number of pyridine rings is 1. The summed E-state index contributed by atoms with van der Waals surface area (Å²) in [6.07, 6.45) is 11.6. The Bertz CT molecular complexity index is 2830. The predicted molar refractivity (Wildman–Crippen MR) is 209 cm³/mol. The molecule has 6 aromatic carbocycles. The lowest BCUT2D eigenvalue weighted by Crippen LogP contribution is -2.24. The van der Waals surface area contributed by atoms with Gasteiger partial charge in [0.1, 0.15) is 0 Å². The van der Waals surface area contributed by atoms with Crippen LogP contribution in [0.25, 0.3) is 84.8 Å². The number of aromatic nitrogens is 2. The number of allylic oxidation sites excluding steroid dienone is 3. The second-order valence-electron chi connectivity index (χ2n) is 12.8. The van der Waals surface area contributed by atoms with Crippen LogP contribution >= 0.6 is 0 Å². The standard InChI is InChI=1S/C47H31N3/c1-31-33-16-17-35(11-8-12-36-19-23-40(34-9-4-2-5-10-34)43(25-18-33)47(31)36)44-26-21-38(30-49-44)37-20-24-42-41-22-15-32(29-48)27-45(41)50(46(42)28-37)39-13-6-3-7-14-39/h2-10,12-28,30H,1,11H2/b12-8-,33-16+,35-17+. The van der Waals surface area contributed by atoms with E-state index in [1.165, 1.54) is 27.5 Å². The van der Waals surface area contributed by atoms with Gasteiger partial charge in [-0.25, -0.2) is 0 Å². The molecule has 8 aromatic rings. The van der Waals surface area contributed by atoms with E-state index in [9.17, 15) is 5.26 Å². The maximum atomic E-state index is 9.64. The van der Waals surface area contributed by atoms with Crippen LogP contribution in [-0.2, 0) is 0 Å². The molecule has 0 saturated carbocycles. The summed E-state index contributed by atoms with van der Waals surface area (Å²) in [5.74, 6) is 0. The number of nitrogens with zero attached hydrogens (tertiary/aromatic N) is 3. The molecule has 3 nitrogen and oxygen atoms in total. The first-order chi connectivity index (χ1) is 24.7. The van der Waals surface area contributed by atoms with Gasteiger partial charge in [-0.1, -0.05) is 128 Å². The molecule has 1 aliphatic carbocycles. The van der Waals surface area contributed by atoms with Gasteiger partial charge in [-0.05, 0) is 91.9 Å². The van der Waals surface area contributed by atoms with E-state index < -0.39 is 0 Å². The van der Waals surface area contributed by atoms with E-state index in [2.05, 4.69) is 145 Å². The van der Waals surface area contributed by atoms with Crippen molar-refractivity contribution in [3.8, 4) is 34.0 Å². The third kappa shape index (κ3) is 4.94. The average molecular weight is 638 g/mol. The lowest BCUT2D eigenvalue weighted by atomic mass is 9.92. The summed E-state index contributed by atoms with van der Waals surface area (Å²) in [5, 5.41) is 16.5. The Morgan fingerprint density at radius 3 is 2.18 bits per heavy atom. The Morgan fingerprint density at radius 2 is 1.40 bits per heavy atom. The van der Waals surface area contributed by atoms with Crippen molar-refractivity contribution in [2.24, 2.45) is 0 Å². The van der Waals surface area contributed by atoms with Crippen LogP contribution in [0.15, 0.2) is 152 Å². The highest BCUT2D eigenvalue weighted by Crippen LogP contribution is 2.36. The molecule has 9 rings (SSSR count). The summed E-state index contributed by atoms with van der Waals surface area (Å²) in [6.45, 7) is 4.56. The molecule has 0 unspecified atom stereocenters. The number of rotatable bonds is 4. The molecule has 2 aromatic heterocycles. The zero-order chi connectivity index (χ0) is 33.6. The molecule has 0 spiro atoms. The molecule has 0 N–H and O–H groups in total. The first kappa shape index (κ1) is 29.4. The molecule has 0 aliphatic heterocycles. The normalized spacial score (nSPS) is 14.9. The van der Waals surface area contributed by atoms with Crippen molar-refractivity contribution in [3.63, 3.8) is 0 Å². The monoisotopic (exact) mass is 637 g/mol. The fourth-order valence-corrected chi connectivity index (χ4v) is 7.37. The summed E-state index contributed by atoms with van der Waals surface area (Å²) < 4.78 is 2.25. The summed E-state index contributed by atoms with van der Waals surface area (Å²) >= 11 is 0. The minimum atomic E-state index is 0.646. The minimum Gasteiger partial charge on any atom is -0.309 e. The van der Waals surface area contributed by atoms with E-state index in [1.54, 1.807) is 0 Å². The number of fused-ring (bicyclic) bond motifs is 4. The predicted octanol–water partition coefficient (Wildman–Crippen LogP) is 10.2. The van der Waals surface area contributed by atoms with Crippen LogP contribution < -0.4 is 10.4 Å². The zero-order valence-electron chi connectivity index (χ0n) is 27.3. The Balaban J connectivity index is 1.10. The molecule has 0 amide bonds. The summed E-state index contributed by atoms with van der Waals surface area (Å²) in [7, 11) is 0. The minimum absolute atomic E-state index is 0.646. The van der Waals surface area contributed by atoms with Crippen LogP contribution in [0.2, 0.25) is 0 Å². The smallest absolute Gasteiger partial charge is 0.0992 e. The van der Waals surface area contributed by atoms with Crippen molar-refractivity contribution < 1.29 is 0 Å². The van der Waals surface area contributed by atoms with Crippen LogP contribution in [0.3, 0.4) is 0 Å². The van der Waals surface area contributed by atoms with Gasteiger partial charge in [0.25, 0.3) is 0 Å². The number of hydrogen-bond donors (Lipinski definition) is 0. The molecular weight excluding hydrogens is 607 g/mol. The number of benzene rings is 6. The van der Waals surface area contributed by atoms with Gasteiger partial charge in [0.2, 0.25) is 0 Å². The Hall–Kier alpha value is -6.76. The van der Waals surface area contributed by atoms with E-state index in [0.29, 0.717) is 5.56 Å². The van der Waals surface area contributed by atoms with Gasteiger partial charge < -0.3 is 4.57 Å². The van der Waals surface area contributed by atoms with Crippen molar-refractivity contribution in [2.45, 2.75) is 6.42 Å². The second kappa shape index (κ2) is 12.0. The number of nitriles is 1. The van der Waals surface area contributed by atoms with E-state index in [1.807, 2.05) is 36.5 Å². The van der Waals surface area contributed by atoms with E-state index in [4.69, 9.17) is 4.98 Å². The molecule has 3 heteroatoms.